The molecule has 1 fully saturated rings. The fourth-order valence-electron chi connectivity index (χ4n) is 2.28. The molecule has 0 bridgehead atoms. The Morgan fingerprint density at radius 3 is 3.06 bits per heavy atom. The van der Waals surface area contributed by atoms with Crippen molar-refractivity contribution in [1.82, 2.24) is 0 Å². The van der Waals surface area contributed by atoms with Gasteiger partial charge in [0.05, 0.1) is 10.6 Å². The van der Waals surface area contributed by atoms with Gasteiger partial charge in [0.25, 0.3) is 0 Å². The van der Waals surface area contributed by atoms with E-state index in [1.54, 1.807) is 0 Å². The van der Waals surface area contributed by atoms with Gasteiger partial charge in [0, 0.05) is 9.72 Å². The molecule has 4 heteroatoms. The first-order valence-electron chi connectivity index (χ1n) is 6.04. The lowest BCUT2D eigenvalue weighted by molar-refractivity contribution is 0.102. The normalized spacial score (nSPS) is 24.8. The monoisotopic (exact) mass is 332 g/mol. The zero-order chi connectivity index (χ0) is 12.3. The van der Waals surface area contributed by atoms with Gasteiger partial charge in [0.1, 0.15) is 0 Å². The Balaban J connectivity index is 1.82. The third-order valence-electron chi connectivity index (χ3n) is 3.21. The van der Waals surface area contributed by atoms with Crippen molar-refractivity contribution in [2.24, 2.45) is 5.92 Å². The molecule has 1 aliphatic carbocycles. The molecule has 0 spiro atoms. The maximum Gasteiger partial charge on any atom is 0.183 e. The average molecular weight is 333 g/mol. The minimum Gasteiger partial charge on any atom is -0.292 e. The van der Waals surface area contributed by atoms with Crippen LogP contribution in [0, 0.1) is 5.92 Å². The van der Waals surface area contributed by atoms with Crippen LogP contribution in [-0.4, -0.2) is 16.8 Å². The van der Waals surface area contributed by atoms with E-state index in [0.717, 1.165) is 15.3 Å². The summed E-state index contributed by atoms with van der Waals surface area (Å²) in [6.45, 7) is 2.32. The molecule has 0 saturated heterocycles. The maximum absolute atomic E-state index is 12.0. The maximum atomic E-state index is 12.0. The van der Waals surface area contributed by atoms with Gasteiger partial charge in [0.15, 0.2) is 5.78 Å². The number of hydrogen-bond donors (Lipinski definition) is 0. The summed E-state index contributed by atoms with van der Waals surface area (Å²) in [6.07, 6.45) is 5.26. The van der Waals surface area contributed by atoms with Crippen LogP contribution in [0.2, 0.25) is 0 Å². The topological polar surface area (TPSA) is 17.1 Å². The number of carbonyl (C=O) groups is 1. The van der Waals surface area contributed by atoms with Crippen LogP contribution >= 0.6 is 39.0 Å². The second-order valence-electron chi connectivity index (χ2n) is 4.73. The lowest BCUT2D eigenvalue weighted by Crippen LogP contribution is -2.17. The number of halogens is 1. The smallest absolute Gasteiger partial charge is 0.183 e. The number of carbonyl (C=O) groups excluding carboxylic acids is 1. The van der Waals surface area contributed by atoms with E-state index >= 15 is 0 Å². The van der Waals surface area contributed by atoms with Crippen LogP contribution in [0.5, 0.6) is 0 Å². The minimum atomic E-state index is 0.273. The summed E-state index contributed by atoms with van der Waals surface area (Å²) < 4.78 is 0.949. The van der Waals surface area contributed by atoms with Gasteiger partial charge in [-0.15, -0.1) is 11.3 Å². The Morgan fingerprint density at radius 1 is 1.59 bits per heavy atom. The van der Waals surface area contributed by atoms with E-state index in [1.807, 2.05) is 23.2 Å². The fraction of sp³-hybridized carbons (Fsp3) is 0.615. The van der Waals surface area contributed by atoms with Crippen molar-refractivity contribution in [3.8, 4) is 0 Å². The molecule has 0 aliphatic heterocycles. The lowest BCUT2D eigenvalue weighted by atomic mass is 9.91. The van der Waals surface area contributed by atoms with Crippen LogP contribution in [0.15, 0.2) is 15.9 Å². The molecule has 1 aliphatic rings. The Morgan fingerprint density at radius 2 is 2.41 bits per heavy atom. The molecule has 1 aromatic heterocycles. The summed E-state index contributed by atoms with van der Waals surface area (Å²) in [7, 11) is 0. The quantitative estimate of drug-likeness (QED) is 0.721. The number of Topliss-reactive ketones (excluding diaryl/α,β-unsaturated/α-hetero) is 1. The second kappa shape index (κ2) is 6.39. The molecule has 1 nitrogen and oxygen atoms in total. The highest BCUT2D eigenvalue weighted by atomic mass is 79.9. The van der Waals surface area contributed by atoms with E-state index in [0.29, 0.717) is 11.0 Å². The van der Waals surface area contributed by atoms with Gasteiger partial charge >= 0.3 is 0 Å². The van der Waals surface area contributed by atoms with E-state index in [9.17, 15) is 4.79 Å². The molecule has 0 amide bonds. The van der Waals surface area contributed by atoms with Gasteiger partial charge in [-0.05, 0) is 46.1 Å². The van der Waals surface area contributed by atoms with Gasteiger partial charge in [-0.25, -0.2) is 0 Å². The molecule has 1 aromatic rings. The molecule has 1 heterocycles. The fourth-order valence-corrected chi connectivity index (χ4v) is 5.24. The van der Waals surface area contributed by atoms with Crippen molar-refractivity contribution in [2.75, 3.05) is 5.75 Å². The summed E-state index contributed by atoms with van der Waals surface area (Å²) >= 11 is 6.81. The zero-order valence-corrected chi connectivity index (χ0v) is 13.2. The molecular formula is C13H17BrOS2. The van der Waals surface area contributed by atoms with Crippen molar-refractivity contribution in [1.29, 1.82) is 0 Å². The number of ketones is 1. The van der Waals surface area contributed by atoms with Gasteiger partial charge in [0.2, 0.25) is 0 Å². The highest BCUT2D eigenvalue weighted by Crippen LogP contribution is 2.33. The molecule has 0 aromatic carbocycles. The summed E-state index contributed by atoms with van der Waals surface area (Å²) in [5, 5.41) is 2.66. The average Bonchev–Trinajstić information content (AvgIpc) is 2.72. The van der Waals surface area contributed by atoms with E-state index in [2.05, 4.69) is 22.9 Å². The van der Waals surface area contributed by atoms with Crippen molar-refractivity contribution >= 4 is 44.8 Å². The molecule has 0 radical (unpaired) electrons. The Labute approximate surface area is 120 Å². The predicted octanol–water partition coefficient (Wildman–Crippen LogP) is 5.01. The van der Waals surface area contributed by atoms with E-state index in [1.165, 1.54) is 37.0 Å². The van der Waals surface area contributed by atoms with E-state index < -0.39 is 0 Å². The zero-order valence-electron chi connectivity index (χ0n) is 9.95. The van der Waals surface area contributed by atoms with Crippen molar-refractivity contribution in [3.05, 3.63) is 20.8 Å². The first kappa shape index (κ1) is 13.6. The molecular weight excluding hydrogens is 316 g/mol. The lowest BCUT2D eigenvalue weighted by Gasteiger charge is -2.25. The third-order valence-corrected chi connectivity index (χ3v) is 6.42. The van der Waals surface area contributed by atoms with Crippen LogP contribution in [0.4, 0.5) is 0 Å². The van der Waals surface area contributed by atoms with Crippen molar-refractivity contribution < 1.29 is 4.79 Å². The van der Waals surface area contributed by atoms with Crippen LogP contribution in [-0.2, 0) is 0 Å². The molecule has 17 heavy (non-hydrogen) atoms. The predicted molar refractivity (Wildman–Crippen MR) is 80.2 cm³/mol. The first-order chi connectivity index (χ1) is 8.16. The van der Waals surface area contributed by atoms with Crippen LogP contribution in [0.1, 0.15) is 42.3 Å². The van der Waals surface area contributed by atoms with Gasteiger partial charge < -0.3 is 0 Å². The van der Waals surface area contributed by atoms with Crippen molar-refractivity contribution in [3.63, 3.8) is 0 Å². The van der Waals surface area contributed by atoms with Gasteiger partial charge in [-0.3, -0.25) is 4.79 Å². The number of thiophene rings is 1. The van der Waals surface area contributed by atoms with Gasteiger partial charge in [-0.2, -0.15) is 11.8 Å². The van der Waals surface area contributed by atoms with E-state index in [4.69, 9.17) is 0 Å². The minimum absolute atomic E-state index is 0.273. The highest BCUT2D eigenvalue weighted by molar-refractivity contribution is 9.10. The molecule has 0 N–H and O–H groups in total. The largest absolute Gasteiger partial charge is 0.292 e. The molecule has 2 atom stereocenters. The highest BCUT2D eigenvalue weighted by Gasteiger charge is 2.21. The van der Waals surface area contributed by atoms with E-state index in [-0.39, 0.29) is 5.78 Å². The first-order valence-corrected chi connectivity index (χ1v) is 8.76. The van der Waals surface area contributed by atoms with Crippen molar-refractivity contribution in [2.45, 2.75) is 37.9 Å². The summed E-state index contributed by atoms with van der Waals surface area (Å²) in [5.74, 6) is 1.75. The standard InChI is InChI=1S/C13H17BrOS2/c1-9-3-2-4-10(7-9)17-8-12(15)13-11(14)5-6-16-13/h5-6,9-10H,2-4,7-8H2,1H3. The summed E-state index contributed by atoms with van der Waals surface area (Å²) in [5.41, 5.74) is 0. The number of hydrogen-bond acceptors (Lipinski definition) is 3. The molecule has 1 saturated carbocycles. The Kier molecular flexibility index (Phi) is 5.12. The number of rotatable bonds is 4. The number of thioether (sulfide) groups is 1. The summed E-state index contributed by atoms with van der Waals surface area (Å²) in [4.78, 5) is 12.9. The van der Waals surface area contributed by atoms with Crippen LogP contribution < -0.4 is 0 Å². The Hall–Kier alpha value is 0.200. The Bertz CT molecular complexity index is 389. The van der Waals surface area contributed by atoms with Gasteiger partial charge in [-0.1, -0.05) is 19.8 Å². The SMILES string of the molecule is CC1CCCC(SCC(=O)c2sccc2Br)C1. The van der Waals surface area contributed by atoms with Crippen LogP contribution in [0.25, 0.3) is 0 Å². The molecule has 2 unspecified atom stereocenters. The van der Waals surface area contributed by atoms with Crippen LogP contribution in [0.3, 0.4) is 0 Å². The molecule has 94 valence electrons. The summed E-state index contributed by atoms with van der Waals surface area (Å²) in [6, 6.07) is 1.95. The third kappa shape index (κ3) is 3.83. The molecule has 2 rings (SSSR count). The second-order valence-corrected chi connectivity index (χ2v) is 7.78.